The lowest BCUT2D eigenvalue weighted by Crippen LogP contribution is -2.41. The van der Waals surface area contributed by atoms with E-state index < -0.39 is 0 Å². The zero-order valence-corrected chi connectivity index (χ0v) is 15.2. The number of nitrogens with one attached hydrogen (secondary N) is 2. The Labute approximate surface area is 154 Å². The highest BCUT2D eigenvalue weighted by Gasteiger charge is 2.37. The van der Waals surface area contributed by atoms with Gasteiger partial charge in [-0.25, -0.2) is 0 Å². The molecule has 0 bridgehead atoms. The van der Waals surface area contributed by atoms with E-state index in [0.29, 0.717) is 18.3 Å². The molecule has 136 valence electrons. The van der Waals surface area contributed by atoms with Gasteiger partial charge in [0.1, 0.15) is 0 Å². The standard InChI is InChI=1S/C19H25N3O2.ClH/c23-17-6-5-16(18(24)21-17)14-1-3-15(4-2-14)22-11-8-19(9-12-22)7-10-20-13-19;/h1-4,16,20H,5-13H2,(H,21,23,24);1H. The second kappa shape index (κ2) is 7.34. The summed E-state index contributed by atoms with van der Waals surface area (Å²) in [6.45, 7) is 4.56. The first-order valence-electron chi connectivity index (χ1n) is 9.05. The minimum Gasteiger partial charge on any atom is -0.371 e. The molecular weight excluding hydrogens is 338 g/mol. The van der Waals surface area contributed by atoms with Crippen LogP contribution in [0.5, 0.6) is 0 Å². The lowest BCUT2D eigenvalue weighted by Gasteiger charge is -2.40. The van der Waals surface area contributed by atoms with Crippen LogP contribution in [0.25, 0.3) is 0 Å². The fraction of sp³-hybridized carbons (Fsp3) is 0.579. The molecule has 0 aliphatic carbocycles. The van der Waals surface area contributed by atoms with Gasteiger partial charge in [0, 0.05) is 31.7 Å². The molecule has 3 aliphatic rings. The number of anilines is 1. The summed E-state index contributed by atoms with van der Waals surface area (Å²) in [6, 6.07) is 8.36. The van der Waals surface area contributed by atoms with E-state index in [1.165, 1.54) is 38.0 Å². The number of carbonyl (C=O) groups is 2. The Balaban J connectivity index is 0.00000182. The molecule has 6 heteroatoms. The minimum absolute atomic E-state index is 0. The van der Waals surface area contributed by atoms with E-state index in [-0.39, 0.29) is 30.1 Å². The van der Waals surface area contributed by atoms with E-state index in [1.54, 1.807) is 0 Å². The van der Waals surface area contributed by atoms with Crippen molar-refractivity contribution in [2.45, 2.75) is 38.0 Å². The van der Waals surface area contributed by atoms with Crippen LogP contribution in [0.1, 0.15) is 43.6 Å². The average molecular weight is 364 g/mol. The Morgan fingerprint density at radius 3 is 2.36 bits per heavy atom. The maximum atomic E-state index is 12.0. The summed E-state index contributed by atoms with van der Waals surface area (Å²) < 4.78 is 0. The van der Waals surface area contributed by atoms with Crippen molar-refractivity contribution in [2.75, 3.05) is 31.1 Å². The zero-order chi connectivity index (χ0) is 16.6. The van der Waals surface area contributed by atoms with Crippen LogP contribution in [0.4, 0.5) is 5.69 Å². The topological polar surface area (TPSA) is 61.4 Å². The van der Waals surface area contributed by atoms with Crippen LogP contribution in [0.15, 0.2) is 24.3 Å². The van der Waals surface area contributed by atoms with Crippen molar-refractivity contribution in [3.05, 3.63) is 29.8 Å². The number of piperidine rings is 2. The first-order chi connectivity index (χ1) is 11.7. The Hall–Kier alpha value is -1.59. The number of halogens is 1. The third kappa shape index (κ3) is 3.67. The van der Waals surface area contributed by atoms with E-state index in [1.807, 2.05) is 0 Å². The van der Waals surface area contributed by atoms with Crippen molar-refractivity contribution in [3.63, 3.8) is 0 Å². The van der Waals surface area contributed by atoms with Crippen LogP contribution in [0.2, 0.25) is 0 Å². The molecule has 1 atom stereocenters. The quantitative estimate of drug-likeness (QED) is 0.791. The highest BCUT2D eigenvalue weighted by molar-refractivity contribution is 6.00. The predicted molar refractivity (Wildman–Crippen MR) is 100 cm³/mol. The number of benzene rings is 1. The van der Waals surface area contributed by atoms with Gasteiger partial charge in [0.25, 0.3) is 0 Å². The SMILES string of the molecule is Cl.O=C1CCC(c2ccc(N3CCC4(CCNC4)CC3)cc2)C(=O)N1. The fourth-order valence-corrected chi connectivity index (χ4v) is 4.39. The molecule has 2 N–H and O–H groups in total. The number of hydrogen-bond acceptors (Lipinski definition) is 4. The van der Waals surface area contributed by atoms with Crippen molar-refractivity contribution >= 4 is 29.9 Å². The summed E-state index contributed by atoms with van der Waals surface area (Å²) in [7, 11) is 0. The van der Waals surface area contributed by atoms with Crippen molar-refractivity contribution in [3.8, 4) is 0 Å². The van der Waals surface area contributed by atoms with E-state index >= 15 is 0 Å². The Morgan fingerprint density at radius 1 is 1.04 bits per heavy atom. The normalized spacial score (nSPS) is 25.6. The third-order valence-corrected chi connectivity index (χ3v) is 6.06. The molecule has 2 amide bonds. The van der Waals surface area contributed by atoms with Crippen LogP contribution in [-0.2, 0) is 9.59 Å². The Kier molecular flexibility index (Phi) is 5.35. The van der Waals surface area contributed by atoms with Gasteiger partial charge in [-0.15, -0.1) is 12.4 Å². The summed E-state index contributed by atoms with van der Waals surface area (Å²) in [5.41, 5.74) is 2.78. The van der Waals surface area contributed by atoms with Gasteiger partial charge in [-0.2, -0.15) is 0 Å². The lowest BCUT2D eigenvalue weighted by atomic mass is 9.77. The fourth-order valence-electron chi connectivity index (χ4n) is 4.39. The van der Waals surface area contributed by atoms with Crippen molar-refractivity contribution < 1.29 is 9.59 Å². The number of rotatable bonds is 2. The van der Waals surface area contributed by atoms with Crippen LogP contribution < -0.4 is 15.5 Å². The maximum Gasteiger partial charge on any atom is 0.234 e. The maximum absolute atomic E-state index is 12.0. The number of amides is 2. The molecule has 1 spiro atoms. The molecule has 1 aromatic rings. The smallest absolute Gasteiger partial charge is 0.234 e. The van der Waals surface area contributed by atoms with Gasteiger partial charge in [-0.1, -0.05) is 12.1 Å². The van der Waals surface area contributed by atoms with Gasteiger partial charge in [0.05, 0.1) is 5.92 Å². The molecular formula is C19H26ClN3O2. The molecule has 0 saturated carbocycles. The zero-order valence-electron chi connectivity index (χ0n) is 14.4. The summed E-state index contributed by atoms with van der Waals surface area (Å²) in [5, 5.41) is 5.95. The summed E-state index contributed by atoms with van der Waals surface area (Å²) in [6.07, 6.45) is 4.88. The van der Waals surface area contributed by atoms with Crippen LogP contribution in [0.3, 0.4) is 0 Å². The second-order valence-electron chi connectivity index (χ2n) is 7.51. The van der Waals surface area contributed by atoms with Crippen LogP contribution in [0, 0.1) is 5.41 Å². The summed E-state index contributed by atoms with van der Waals surface area (Å²) in [5.74, 6) is -0.505. The predicted octanol–water partition coefficient (Wildman–Crippen LogP) is 2.21. The third-order valence-electron chi connectivity index (χ3n) is 6.06. The van der Waals surface area contributed by atoms with Crippen molar-refractivity contribution in [1.29, 1.82) is 0 Å². The van der Waals surface area contributed by atoms with Crippen molar-refractivity contribution in [2.24, 2.45) is 5.41 Å². The highest BCUT2D eigenvalue weighted by Crippen LogP contribution is 2.38. The van der Waals surface area contributed by atoms with Gasteiger partial charge in [-0.05, 0) is 55.3 Å². The summed E-state index contributed by atoms with van der Waals surface area (Å²) >= 11 is 0. The number of imide groups is 1. The van der Waals surface area contributed by atoms with Gasteiger partial charge in [0.2, 0.25) is 11.8 Å². The molecule has 3 aliphatic heterocycles. The molecule has 1 aromatic carbocycles. The molecule has 25 heavy (non-hydrogen) atoms. The van der Waals surface area contributed by atoms with Gasteiger partial charge >= 0.3 is 0 Å². The number of hydrogen-bond donors (Lipinski definition) is 2. The Morgan fingerprint density at radius 2 is 1.76 bits per heavy atom. The highest BCUT2D eigenvalue weighted by atomic mass is 35.5. The molecule has 1 unspecified atom stereocenters. The molecule has 0 aromatic heterocycles. The molecule has 3 fully saturated rings. The van der Waals surface area contributed by atoms with Crippen molar-refractivity contribution in [1.82, 2.24) is 10.6 Å². The molecule has 3 heterocycles. The molecule has 0 radical (unpaired) electrons. The first kappa shape index (κ1) is 18.2. The van der Waals surface area contributed by atoms with Crippen LogP contribution in [-0.4, -0.2) is 38.0 Å². The van der Waals surface area contributed by atoms with Gasteiger partial charge in [-0.3, -0.25) is 14.9 Å². The monoisotopic (exact) mass is 363 g/mol. The number of nitrogens with zero attached hydrogens (tertiary/aromatic N) is 1. The Bertz CT molecular complexity index is 631. The second-order valence-corrected chi connectivity index (χ2v) is 7.51. The lowest BCUT2D eigenvalue weighted by molar-refractivity contribution is -0.134. The average Bonchev–Trinajstić information content (AvgIpc) is 3.04. The van der Waals surface area contributed by atoms with E-state index in [4.69, 9.17) is 0 Å². The van der Waals surface area contributed by atoms with E-state index in [0.717, 1.165) is 18.7 Å². The largest absolute Gasteiger partial charge is 0.371 e. The molecule has 3 saturated heterocycles. The van der Waals surface area contributed by atoms with E-state index in [2.05, 4.69) is 39.8 Å². The molecule has 4 rings (SSSR count). The molecule has 5 nitrogen and oxygen atoms in total. The number of carbonyl (C=O) groups excluding carboxylic acids is 2. The van der Waals surface area contributed by atoms with E-state index in [9.17, 15) is 9.59 Å². The first-order valence-corrected chi connectivity index (χ1v) is 9.05. The minimum atomic E-state index is -0.189. The van der Waals surface area contributed by atoms with Gasteiger partial charge in [0.15, 0.2) is 0 Å². The van der Waals surface area contributed by atoms with Crippen LogP contribution >= 0.6 is 12.4 Å². The summed E-state index contributed by atoms with van der Waals surface area (Å²) in [4.78, 5) is 25.7. The van der Waals surface area contributed by atoms with Gasteiger partial charge < -0.3 is 10.2 Å².